The van der Waals surface area contributed by atoms with Gasteiger partial charge in [0.2, 0.25) is 5.91 Å². The first-order valence-corrected chi connectivity index (χ1v) is 7.43. The van der Waals surface area contributed by atoms with Crippen LogP contribution >= 0.6 is 11.6 Å². The molecule has 2 rings (SSSR count). The molecule has 20 heavy (non-hydrogen) atoms. The molecule has 1 aromatic carbocycles. The van der Waals surface area contributed by atoms with Crippen LogP contribution in [-0.2, 0) is 4.79 Å². The van der Waals surface area contributed by atoms with E-state index in [1.165, 1.54) is 12.8 Å². The highest BCUT2D eigenvalue weighted by atomic mass is 35.5. The highest BCUT2D eigenvalue weighted by Gasteiger charge is 2.09. The first kappa shape index (κ1) is 14.8. The average molecular weight is 291 g/mol. The summed E-state index contributed by atoms with van der Waals surface area (Å²) >= 11 is 6.31. The quantitative estimate of drug-likeness (QED) is 0.777. The van der Waals surface area contributed by atoms with Crippen molar-refractivity contribution in [1.29, 1.82) is 0 Å². The van der Waals surface area contributed by atoms with Crippen LogP contribution in [0.4, 0.5) is 5.69 Å². The van der Waals surface area contributed by atoms with Crippen molar-refractivity contribution in [3.05, 3.63) is 35.5 Å². The molecule has 0 aliphatic heterocycles. The summed E-state index contributed by atoms with van der Waals surface area (Å²) in [5.74, 6) is 0.0000779. The molecule has 1 N–H and O–H groups in total. The maximum absolute atomic E-state index is 11.9. The lowest BCUT2D eigenvalue weighted by molar-refractivity contribution is -0.116. The average Bonchev–Trinajstić information content (AvgIpc) is 2.47. The molecule has 0 unspecified atom stereocenters. The summed E-state index contributed by atoms with van der Waals surface area (Å²) in [6.45, 7) is 2.15. The number of carbonyl (C=O) groups excluding carboxylic acids is 1. The van der Waals surface area contributed by atoms with Crippen LogP contribution in [0.2, 0.25) is 5.02 Å². The van der Waals surface area contributed by atoms with Gasteiger partial charge in [-0.3, -0.25) is 9.78 Å². The number of rotatable bonds is 6. The molecule has 4 heteroatoms. The van der Waals surface area contributed by atoms with Gasteiger partial charge in [0.05, 0.1) is 22.4 Å². The Morgan fingerprint density at radius 3 is 2.85 bits per heavy atom. The van der Waals surface area contributed by atoms with Gasteiger partial charge in [0.15, 0.2) is 0 Å². The van der Waals surface area contributed by atoms with Gasteiger partial charge in [-0.15, -0.1) is 0 Å². The third-order valence-corrected chi connectivity index (χ3v) is 3.65. The Kier molecular flexibility index (Phi) is 5.36. The van der Waals surface area contributed by atoms with Gasteiger partial charge in [-0.2, -0.15) is 0 Å². The van der Waals surface area contributed by atoms with Crippen LogP contribution in [0.3, 0.4) is 0 Å². The first-order valence-electron chi connectivity index (χ1n) is 7.05. The highest BCUT2D eigenvalue weighted by molar-refractivity contribution is 6.38. The van der Waals surface area contributed by atoms with Crippen molar-refractivity contribution in [3.63, 3.8) is 0 Å². The fraction of sp³-hybridized carbons (Fsp3) is 0.375. The van der Waals surface area contributed by atoms with Crippen molar-refractivity contribution in [2.75, 3.05) is 5.32 Å². The molecule has 106 valence electrons. The van der Waals surface area contributed by atoms with Crippen molar-refractivity contribution in [3.8, 4) is 0 Å². The topological polar surface area (TPSA) is 42.0 Å². The van der Waals surface area contributed by atoms with Crippen LogP contribution in [0.15, 0.2) is 30.5 Å². The first-order chi connectivity index (χ1) is 9.72. The van der Waals surface area contributed by atoms with Gasteiger partial charge < -0.3 is 5.32 Å². The molecular formula is C16H19ClN2O. The number of hydrogen-bond donors (Lipinski definition) is 1. The van der Waals surface area contributed by atoms with E-state index in [9.17, 15) is 4.79 Å². The molecule has 0 fully saturated rings. The van der Waals surface area contributed by atoms with Crippen LogP contribution in [0.1, 0.15) is 39.0 Å². The second-order valence-corrected chi connectivity index (χ2v) is 5.24. The minimum absolute atomic E-state index is 0.0000779. The van der Waals surface area contributed by atoms with Gasteiger partial charge in [-0.1, -0.05) is 56.0 Å². The number of anilines is 1. The standard InChI is InChI=1S/C16H19ClN2O/c1-2-3-4-5-10-15(20)19-14-11-18-13-9-7-6-8-12(13)16(14)17/h6-9,11H,2-5,10H2,1H3,(H,19,20). The van der Waals surface area contributed by atoms with Crippen molar-refractivity contribution in [1.82, 2.24) is 4.98 Å². The molecule has 0 spiro atoms. The molecule has 0 atom stereocenters. The third-order valence-electron chi connectivity index (χ3n) is 3.24. The van der Waals surface area contributed by atoms with Crippen LogP contribution in [0, 0.1) is 0 Å². The second kappa shape index (κ2) is 7.25. The number of hydrogen-bond acceptors (Lipinski definition) is 2. The number of para-hydroxylation sites is 1. The summed E-state index contributed by atoms with van der Waals surface area (Å²) in [6, 6.07) is 7.63. The monoisotopic (exact) mass is 290 g/mol. The summed E-state index contributed by atoms with van der Waals surface area (Å²) in [7, 11) is 0. The maximum atomic E-state index is 11.9. The Labute approximate surface area is 124 Å². The Morgan fingerprint density at radius 1 is 1.25 bits per heavy atom. The van der Waals surface area contributed by atoms with Crippen LogP contribution in [0.25, 0.3) is 10.9 Å². The van der Waals surface area contributed by atoms with Crippen molar-refractivity contribution < 1.29 is 4.79 Å². The molecule has 1 aromatic heterocycles. The molecule has 3 nitrogen and oxygen atoms in total. The van der Waals surface area contributed by atoms with E-state index in [0.29, 0.717) is 17.1 Å². The second-order valence-electron chi connectivity index (χ2n) is 4.86. The van der Waals surface area contributed by atoms with Gasteiger partial charge in [0.25, 0.3) is 0 Å². The lowest BCUT2D eigenvalue weighted by Gasteiger charge is -2.09. The number of unbranched alkanes of at least 4 members (excludes halogenated alkanes) is 3. The number of nitrogens with zero attached hydrogens (tertiary/aromatic N) is 1. The van der Waals surface area contributed by atoms with Crippen LogP contribution in [0.5, 0.6) is 0 Å². The molecular weight excluding hydrogens is 272 g/mol. The molecule has 1 heterocycles. The summed E-state index contributed by atoms with van der Waals surface area (Å²) in [4.78, 5) is 16.2. The van der Waals surface area contributed by atoms with Crippen LogP contribution in [-0.4, -0.2) is 10.9 Å². The Morgan fingerprint density at radius 2 is 2.05 bits per heavy atom. The summed E-state index contributed by atoms with van der Waals surface area (Å²) in [5, 5.41) is 4.26. The highest BCUT2D eigenvalue weighted by Crippen LogP contribution is 2.29. The van der Waals surface area contributed by atoms with Gasteiger partial charge in [0.1, 0.15) is 0 Å². The minimum Gasteiger partial charge on any atom is -0.323 e. The number of benzene rings is 1. The predicted molar refractivity (Wildman–Crippen MR) is 84.1 cm³/mol. The molecule has 0 aliphatic carbocycles. The summed E-state index contributed by atoms with van der Waals surface area (Å²) < 4.78 is 0. The lowest BCUT2D eigenvalue weighted by atomic mass is 10.1. The van der Waals surface area contributed by atoms with Gasteiger partial charge >= 0.3 is 0 Å². The lowest BCUT2D eigenvalue weighted by Crippen LogP contribution is -2.11. The number of aromatic nitrogens is 1. The van der Waals surface area contributed by atoms with E-state index in [1.54, 1.807) is 6.20 Å². The largest absolute Gasteiger partial charge is 0.323 e. The van der Waals surface area contributed by atoms with E-state index in [0.717, 1.165) is 23.7 Å². The maximum Gasteiger partial charge on any atom is 0.224 e. The Balaban J connectivity index is 2.02. The number of nitrogens with one attached hydrogen (secondary N) is 1. The van der Waals surface area contributed by atoms with Gasteiger partial charge in [-0.25, -0.2) is 0 Å². The zero-order valence-corrected chi connectivity index (χ0v) is 12.4. The molecule has 0 aliphatic rings. The number of pyridine rings is 1. The number of amides is 1. The van der Waals surface area contributed by atoms with E-state index < -0.39 is 0 Å². The molecule has 1 amide bonds. The third kappa shape index (κ3) is 3.70. The summed E-state index contributed by atoms with van der Waals surface area (Å²) in [5.41, 5.74) is 1.42. The molecule has 0 bridgehead atoms. The number of carbonyl (C=O) groups is 1. The fourth-order valence-electron chi connectivity index (χ4n) is 2.12. The Hall–Kier alpha value is -1.61. The van der Waals surface area contributed by atoms with E-state index in [4.69, 9.17) is 11.6 Å². The molecule has 0 radical (unpaired) electrons. The van der Waals surface area contributed by atoms with Gasteiger partial charge in [-0.05, 0) is 12.5 Å². The van der Waals surface area contributed by atoms with E-state index in [-0.39, 0.29) is 5.91 Å². The SMILES string of the molecule is CCCCCCC(=O)Nc1cnc2ccccc2c1Cl. The van der Waals surface area contributed by atoms with Gasteiger partial charge in [0, 0.05) is 11.8 Å². The van der Waals surface area contributed by atoms with Crippen molar-refractivity contribution >= 4 is 34.1 Å². The fourth-order valence-corrected chi connectivity index (χ4v) is 2.38. The van der Waals surface area contributed by atoms with E-state index in [2.05, 4.69) is 17.2 Å². The van der Waals surface area contributed by atoms with Crippen molar-refractivity contribution in [2.45, 2.75) is 39.0 Å². The van der Waals surface area contributed by atoms with E-state index in [1.807, 2.05) is 24.3 Å². The van der Waals surface area contributed by atoms with Crippen LogP contribution < -0.4 is 5.32 Å². The molecule has 0 saturated carbocycles. The smallest absolute Gasteiger partial charge is 0.224 e. The number of halogens is 1. The zero-order valence-electron chi connectivity index (χ0n) is 11.7. The zero-order chi connectivity index (χ0) is 14.4. The molecule has 0 saturated heterocycles. The normalized spacial score (nSPS) is 10.7. The molecule has 2 aromatic rings. The summed E-state index contributed by atoms with van der Waals surface area (Å²) in [6.07, 6.45) is 6.50. The Bertz CT molecular complexity index is 598. The number of fused-ring (bicyclic) bond motifs is 1. The van der Waals surface area contributed by atoms with Crippen molar-refractivity contribution in [2.24, 2.45) is 0 Å². The minimum atomic E-state index is 0.0000779. The predicted octanol–water partition coefficient (Wildman–Crippen LogP) is 4.80. The van der Waals surface area contributed by atoms with E-state index >= 15 is 0 Å².